The van der Waals surface area contributed by atoms with Gasteiger partial charge in [-0.2, -0.15) is 0 Å². The molecule has 0 saturated carbocycles. The molecule has 0 bridgehead atoms. The SMILES string of the molecule is COc1ccc(N2C(=O)Nc3ccc(Br)cc3[C@]2(O)C(=O)NCCCN2CCOCC2)c(OC)c1. The van der Waals surface area contributed by atoms with Gasteiger partial charge >= 0.3 is 6.03 Å². The topological polar surface area (TPSA) is 113 Å². The highest BCUT2D eigenvalue weighted by molar-refractivity contribution is 9.10. The maximum atomic E-state index is 13.6. The number of hydrogen-bond acceptors (Lipinski definition) is 7. The zero-order chi connectivity index (χ0) is 25.0. The number of nitrogens with zero attached hydrogens (tertiary/aromatic N) is 2. The lowest BCUT2D eigenvalue weighted by atomic mass is 9.94. The number of rotatable bonds is 8. The molecule has 0 radical (unpaired) electrons. The van der Waals surface area contributed by atoms with Crippen LogP contribution < -0.4 is 25.0 Å². The van der Waals surface area contributed by atoms with Gasteiger partial charge in [-0.1, -0.05) is 15.9 Å². The molecule has 0 aromatic heterocycles. The van der Waals surface area contributed by atoms with Gasteiger partial charge in [0.25, 0.3) is 11.6 Å². The normalized spacial score (nSPS) is 20.1. The molecule has 0 unspecified atom stereocenters. The number of hydrogen-bond donors (Lipinski definition) is 3. The lowest BCUT2D eigenvalue weighted by Crippen LogP contribution is -2.62. The van der Waals surface area contributed by atoms with Gasteiger partial charge in [0.05, 0.1) is 38.8 Å². The molecule has 1 fully saturated rings. The number of urea groups is 1. The number of morpholine rings is 1. The number of halogens is 1. The highest BCUT2D eigenvalue weighted by Gasteiger charge is 2.52. The molecule has 2 aromatic carbocycles. The van der Waals surface area contributed by atoms with Crippen molar-refractivity contribution in [3.05, 3.63) is 46.4 Å². The fourth-order valence-electron chi connectivity index (χ4n) is 4.28. The number of benzene rings is 2. The molecule has 2 heterocycles. The van der Waals surface area contributed by atoms with E-state index in [1.54, 1.807) is 36.4 Å². The third-order valence-corrected chi connectivity index (χ3v) is 6.60. The van der Waals surface area contributed by atoms with E-state index in [1.807, 2.05) is 0 Å². The summed E-state index contributed by atoms with van der Waals surface area (Å²) in [6, 6.07) is 9.08. The molecule has 0 aliphatic carbocycles. The van der Waals surface area contributed by atoms with E-state index in [1.165, 1.54) is 14.2 Å². The minimum absolute atomic E-state index is 0.211. The molecular formula is C24H29BrN4O6. The molecule has 11 heteroatoms. The van der Waals surface area contributed by atoms with Gasteiger partial charge in [-0.05, 0) is 43.3 Å². The van der Waals surface area contributed by atoms with Crippen LogP contribution in [-0.4, -0.2) is 75.6 Å². The Labute approximate surface area is 212 Å². The third kappa shape index (κ3) is 5.08. The lowest BCUT2D eigenvalue weighted by molar-refractivity contribution is -0.140. The van der Waals surface area contributed by atoms with Gasteiger partial charge in [0, 0.05) is 35.7 Å². The summed E-state index contributed by atoms with van der Waals surface area (Å²) in [7, 11) is 2.95. The summed E-state index contributed by atoms with van der Waals surface area (Å²) >= 11 is 3.41. The zero-order valence-electron chi connectivity index (χ0n) is 19.7. The van der Waals surface area contributed by atoms with Crippen LogP contribution in [0.3, 0.4) is 0 Å². The quantitative estimate of drug-likeness (QED) is 0.434. The Morgan fingerprint density at radius 2 is 1.97 bits per heavy atom. The molecule has 2 aromatic rings. The first kappa shape index (κ1) is 25.2. The minimum atomic E-state index is -2.33. The monoisotopic (exact) mass is 548 g/mol. The second-order valence-corrected chi connectivity index (χ2v) is 9.14. The average Bonchev–Trinajstić information content (AvgIpc) is 2.87. The predicted molar refractivity (Wildman–Crippen MR) is 134 cm³/mol. The summed E-state index contributed by atoms with van der Waals surface area (Å²) in [5.41, 5.74) is -1.55. The van der Waals surface area contributed by atoms with Gasteiger partial charge < -0.3 is 30.0 Å². The highest BCUT2D eigenvalue weighted by atomic mass is 79.9. The second-order valence-electron chi connectivity index (χ2n) is 8.23. The standard InChI is InChI=1S/C24H29BrN4O6/c1-33-17-5-7-20(21(15-17)34-2)29-23(31)27-19-6-4-16(25)14-18(19)24(29,32)22(30)26-8-3-9-28-10-12-35-13-11-28/h4-7,14-15,32H,3,8-13H2,1-2H3,(H,26,30)(H,27,31)/t24-/m0/s1. The first-order valence-corrected chi connectivity index (χ1v) is 12.1. The number of aliphatic hydroxyl groups is 1. The molecule has 0 spiro atoms. The lowest BCUT2D eigenvalue weighted by Gasteiger charge is -2.43. The maximum Gasteiger partial charge on any atom is 0.329 e. The van der Waals surface area contributed by atoms with E-state index in [0.29, 0.717) is 42.1 Å². The average molecular weight is 549 g/mol. The van der Waals surface area contributed by atoms with Crippen molar-refractivity contribution in [3.63, 3.8) is 0 Å². The van der Waals surface area contributed by atoms with Crippen molar-refractivity contribution in [1.82, 2.24) is 10.2 Å². The summed E-state index contributed by atoms with van der Waals surface area (Å²) in [5.74, 6) is 0.0466. The van der Waals surface area contributed by atoms with E-state index in [9.17, 15) is 14.7 Å². The van der Waals surface area contributed by atoms with Crippen LogP contribution in [0.4, 0.5) is 16.2 Å². The molecule has 10 nitrogen and oxygen atoms in total. The van der Waals surface area contributed by atoms with Gasteiger partial charge in [-0.15, -0.1) is 0 Å². The smallest absolute Gasteiger partial charge is 0.329 e. The molecule has 2 aliphatic rings. The molecular weight excluding hydrogens is 520 g/mol. The van der Waals surface area contributed by atoms with Crippen molar-refractivity contribution in [2.45, 2.75) is 12.1 Å². The van der Waals surface area contributed by atoms with Crippen molar-refractivity contribution >= 4 is 39.2 Å². The fourth-order valence-corrected chi connectivity index (χ4v) is 4.64. The zero-order valence-corrected chi connectivity index (χ0v) is 21.3. The summed E-state index contributed by atoms with van der Waals surface area (Å²) in [6.45, 7) is 4.23. The van der Waals surface area contributed by atoms with Gasteiger partial charge in [0.1, 0.15) is 11.5 Å². The number of nitrogens with one attached hydrogen (secondary N) is 2. The van der Waals surface area contributed by atoms with E-state index in [4.69, 9.17) is 14.2 Å². The Balaban J connectivity index is 1.66. The first-order chi connectivity index (χ1) is 16.9. The maximum absolute atomic E-state index is 13.6. The van der Waals surface area contributed by atoms with Crippen molar-refractivity contribution in [1.29, 1.82) is 0 Å². The Kier molecular flexibility index (Phi) is 7.80. The molecule has 4 rings (SSSR count). The third-order valence-electron chi connectivity index (χ3n) is 6.11. The Hall–Kier alpha value is -2.86. The second kappa shape index (κ2) is 10.8. The number of fused-ring (bicyclic) bond motifs is 1. The largest absolute Gasteiger partial charge is 0.497 e. The molecule has 1 saturated heterocycles. The van der Waals surface area contributed by atoms with Gasteiger partial charge in [-0.25, -0.2) is 9.69 Å². The van der Waals surface area contributed by atoms with Crippen molar-refractivity contribution in [2.24, 2.45) is 0 Å². The Morgan fingerprint density at radius 3 is 2.69 bits per heavy atom. The van der Waals surface area contributed by atoms with E-state index < -0.39 is 17.7 Å². The van der Waals surface area contributed by atoms with Crippen LogP contribution in [0.2, 0.25) is 0 Å². The molecule has 1 atom stereocenters. The van der Waals surface area contributed by atoms with Gasteiger partial charge in [-0.3, -0.25) is 9.69 Å². The van der Waals surface area contributed by atoms with Crippen LogP contribution in [-0.2, 0) is 15.3 Å². The van der Waals surface area contributed by atoms with Crippen LogP contribution in [0.25, 0.3) is 0 Å². The van der Waals surface area contributed by atoms with Gasteiger partial charge in [0.15, 0.2) is 0 Å². The molecule has 2 aliphatic heterocycles. The van der Waals surface area contributed by atoms with Crippen LogP contribution >= 0.6 is 15.9 Å². The summed E-state index contributed by atoms with van der Waals surface area (Å²) < 4.78 is 16.7. The highest BCUT2D eigenvalue weighted by Crippen LogP contribution is 2.44. The van der Waals surface area contributed by atoms with Crippen LogP contribution in [0.5, 0.6) is 11.5 Å². The Morgan fingerprint density at radius 1 is 1.20 bits per heavy atom. The van der Waals surface area contributed by atoms with Crippen LogP contribution in [0, 0.1) is 0 Å². The van der Waals surface area contributed by atoms with Crippen LogP contribution in [0.1, 0.15) is 12.0 Å². The minimum Gasteiger partial charge on any atom is -0.497 e. The number of amides is 3. The molecule has 188 valence electrons. The number of carbonyl (C=O) groups excluding carboxylic acids is 2. The number of methoxy groups -OCH3 is 2. The Bertz CT molecular complexity index is 1090. The first-order valence-electron chi connectivity index (χ1n) is 11.3. The van der Waals surface area contributed by atoms with E-state index >= 15 is 0 Å². The molecule has 35 heavy (non-hydrogen) atoms. The van der Waals surface area contributed by atoms with E-state index in [2.05, 4.69) is 31.5 Å². The van der Waals surface area contributed by atoms with Crippen LogP contribution in [0.15, 0.2) is 40.9 Å². The summed E-state index contributed by atoms with van der Waals surface area (Å²) in [4.78, 5) is 30.2. The van der Waals surface area contributed by atoms with E-state index in [-0.39, 0.29) is 17.0 Å². The predicted octanol–water partition coefficient (Wildman–Crippen LogP) is 2.50. The van der Waals surface area contributed by atoms with Gasteiger partial charge in [0.2, 0.25) is 0 Å². The van der Waals surface area contributed by atoms with Crippen molar-refractivity contribution in [3.8, 4) is 11.5 Å². The number of carbonyl (C=O) groups is 2. The van der Waals surface area contributed by atoms with Crippen molar-refractivity contribution in [2.75, 3.05) is 63.8 Å². The molecule has 3 N–H and O–H groups in total. The number of anilines is 2. The molecule has 3 amide bonds. The summed E-state index contributed by atoms with van der Waals surface area (Å²) in [5, 5.41) is 17.6. The van der Waals surface area contributed by atoms with E-state index in [0.717, 1.165) is 24.5 Å². The van der Waals surface area contributed by atoms with Crippen molar-refractivity contribution < 1.29 is 28.9 Å². The summed E-state index contributed by atoms with van der Waals surface area (Å²) in [6.07, 6.45) is 0.686. The fraction of sp³-hybridized carbons (Fsp3) is 0.417. The number of ether oxygens (including phenoxy) is 3.